The number of rotatable bonds is 13. The van der Waals surface area contributed by atoms with Crippen molar-refractivity contribution >= 4 is 61.8 Å². The fraction of sp³-hybridized carbons (Fsp3) is 0.391. The normalized spacial score (nSPS) is 18.2. The molecule has 0 atom stereocenters. The van der Waals surface area contributed by atoms with Crippen LogP contribution < -0.4 is 25.0 Å². The second kappa shape index (κ2) is 18.1. The summed E-state index contributed by atoms with van der Waals surface area (Å²) in [4.78, 5) is 41.7. The van der Waals surface area contributed by atoms with E-state index in [9.17, 15) is 28.1 Å². The minimum Gasteiger partial charge on any atom is -0.456 e. The molecule has 16 heteroatoms. The Balaban J connectivity index is 1.01. The number of nitrogens with zero attached hydrogens (tertiary/aromatic N) is 3. The van der Waals surface area contributed by atoms with E-state index >= 15 is 0 Å². The number of halogens is 1. The maximum Gasteiger partial charge on any atom is 0.293 e. The van der Waals surface area contributed by atoms with Gasteiger partial charge in [0.2, 0.25) is 5.91 Å². The van der Waals surface area contributed by atoms with Crippen molar-refractivity contribution in [2.75, 3.05) is 68.0 Å². The summed E-state index contributed by atoms with van der Waals surface area (Å²) in [6.07, 6.45) is 4.97. The first-order valence-electron chi connectivity index (χ1n) is 21.1. The van der Waals surface area contributed by atoms with E-state index in [0.29, 0.717) is 44.3 Å². The van der Waals surface area contributed by atoms with Gasteiger partial charge in [0.1, 0.15) is 17.2 Å². The van der Waals surface area contributed by atoms with Crippen molar-refractivity contribution < 1.29 is 32.4 Å². The highest BCUT2D eigenvalue weighted by atomic mass is 35.5. The number of hydrogen-bond acceptors (Lipinski definition) is 11. The number of nitro benzene ring substituents is 1. The van der Waals surface area contributed by atoms with Crippen LogP contribution in [0, 0.1) is 21.4 Å². The first kappa shape index (κ1) is 43.2. The van der Waals surface area contributed by atoms with Crippen LogP contribution in [0.2, 0.25) is 5.02 Å². The Labute approximate surface area is 366 Å². The molecule has 3 N–H and O–H groups in total. The number of ether oxygens (including phenoxy) is 2. The molecular weight excluding hydrogens is 832 g/mol. The monoisotopic (exact) mass is 882 g/mol. The van der Waals surface area contributed by atoms with Crippen molar-refractivity contribution in [1.82, 2.24) is 9.62 Å². The predicted octanol–water partition coefficient (Wildman–Crippen LogP) is 8.28. The van der Waals surface area contributed by atoms with E-state index in [1.54, 1.807) is 30.3 Å². The Morgan fingerprint density at radius 3 is 2.50 bits per heavy atom. The number of nitrogens with one attached hydrogen (secondary N) is 3. The summed E-state index contributed by atoms with van der Waals surface area (Å²) in [5.74, 6) is -0.382. The Bertz CT molecular complexity index is 2510. The Morgan fingerprint density at radius 1 is 1.00 bits per heavy atom. The van der Waals surface area contributed by atoms with E-state index < -0.39 is 31.4 Å². The zero-order chi connectivity index (χ0) is 43.6. The average molecular weight is 883 g/mol. The Hall–Kier alpha value is -5.48. The van der Waals surface area contributed by atoms with E-state index in [1.165, 1.54) is 34.9 Å². The maximum atomic E-state index is 13.9. The van der Waals surface area contributed by atoms with Gasteiger partial charge in [0.05, 0.1) is 21.8 Å². The van der Waals surface area contributed by atoms with Gasteiger partial charge in [0.25, 0.3) is 21.6 Å². The minimum atomic E-state index is -4.57. The van der Waals surface area contributed by atoms with Gasteiger partial charge in [-0.1, -0.05) is 43.2 Å². The summed E-state index contributed by atoms with van der Waals surface area (Å²) in [6, 6.07) is 21.8. The number of sulfonamides is 1. The molecule has 326 valence electrons. The molecule has 0 saturated carbocycles. The molecule has 4 aromatic rings. The molecule has 1 aliphatic carbocycles. The number of carbonyl (C=O) groups excluding carboxylic acids is 2. The second-order valence-electron chi connectivity index (χ2n) is 17.3. The summed E-state index contributed by atoms with van der Waals surface area (Å²) in [6.45, 7) is 10.3. The van der Waals surface area contributed by atoms with Gasteiger partial charge >= 0.3 is 0 Å². The highest BCUT2D eigenvalue weighted by Gasteiger charge is 2.31. The smallest absolute Gasteiger partial charge is 0.293 e. The number of nitro groups is 1. The van der Waals surface area contributed by atoms with E-state index in [1.807, 2.05) is 12.1 Å². The number of hydrogen-bond donors (Lipinski definition) is 3. The lowest BCUT2D eigenvalue weighted by Crippen LogP contribution is -2.47. The molecule has 0 unspecified atom stereocenters. The molecular formula is C46H51ClN6O8S. The Morgan fingerprint density at radius 2 is 1.76 bits per heavy atom. The highest BCUT2D eigenvalue weighted by Crippen LogP contribution is 2.43. The van der Waals surface area contributed by atoms with Crippen LogP contribution >= 0.6 is 11.6 Å². The van der Waals surface area contributed by atoms with Gasteiger partial charge in [-0.3, -0.25) is 24.6 Å². The number of anilines is 3. The number of carbonyl (C=O) groups is 2. The predicted molar refractivity (Wildman–Crippen MR) is 240 cm³/mol. The van der Waals surface area contributed by atoms with Gasteiger partial charge in [0.15, 0.2) is 0 Å². The number of allylic oxidation sites excluding steroid dienone is 1. The largest absolute Gasteiger partial charge is 0.456 e. The zero-order valence-corrected chi connectivity index (χ0v) is 36.4. The van der Waals surface area contributed by atoms with E-state index in [2.05, 4.69) is 51.1 Å². The summed E-state index contributed by atoms with van der Waals surface area (Å²) < 4.78 is 41.2. The fourth-order valence-corrected chi connectivity index (χ4v) is 9.81. The molecule has 62 heavy (non-hydrogen) atoms. The topological polar surface area (TPSA) is 172 Å². The molecule has 2 amide bonds. The quantitative estimate of drug-likeness (QED) is 0.0872. The highest BCUT2D eigenvalue weighted by molar-refractivity contribution is 7.90. The first-order chi connectivity index (χ1) is 29.7. The maximum absolute atomic E-state index is 13.9. The fourth-order valence-electron chi connectivity index (χ4n) is 8.69. The molecule has 0 bridgehead atoms. The number of piperazine rings is 1. The molecule has 8 rings (SSSR count). The lowest BCUT2D eigenvalue weighted by molar-refractivity contribution is -0.384. The second-order valence-corrected chi connectivity index (χ2v) is 19.4. The van der Waals surface area contributed by atoms with Crippen molar-refractivity contribution in [1.29, 1.82) is 0 Å². The van der Waals surface area contributed by atoms with Crippen LogP contribution in [0.1, 0.15) is 67.4 Å². The summed E-state index contributed by atoms with van der Waals surface area (Å²) in [5.41, 5.74) is 6.19. The van der Waals surface area contributed by atoms with Crippen LogP contribution in [0.5, 0.6) is 11.5 Å². The van der Waals surface area contributed by atoms with Gasteiger partial charge < -0.3 is 25.0 Å². The van der Waals surface area contributed by atoms with Gasteiger partial charge in [-0.15, -0.1) is 0 Å². The molecule has 0 aromatic heterocycles. The van der Waals surface area contributed by atoms with Crippen molar-refractivity contribution in [2.45, 2.75) is 57.3 Å². The molecule has 0 radical (unpaired) electrons. The summed E-state index contributed by atoms with van der Waals surface area (Å²) >= 11 is 6.24. The molecule has 3 aliphatic heterocycles. The molecule has 3 heterocycles. The number of fused-ring (bicyclic) bond motifs is 1. The third-order valence-corrected chi connectivity index (χ3v) is 13.9. The van der Waals surface area contributed by atoms with Crippen LogP contribution in [0.25, 0.3) is 5.57 Å². The van der Waals surface area contributed by atoms with E-state index in [0.717, 1.165) is 74.1 Å². The molecule has 2 fully saturated rings. The van der Waals surface area contributed by atoms with Crippen molar-refractivity contribution in [3.63, 3.8) is 0 Å². The number of benzene rings is 4. The molecule has 0 spiro atoms. The average Bonchev–Trinajstić information content (AvgIpc) is 3.63. The molecule has 14 nitrogen and oxygen atoms in total. The van der Waals surface area contributed by atoms with Crippen LogP contribution in [0.3, 0.4) is 0 Å². The lowest BCUT2D eigenvalue weighted by Gasteiger charge is -2.39. The van der Waals surface area contributed by atoms with Crippen molar-refractivity contribution in [3.05, 3.63) is 116 Å². The van der Waals surface area contributed by atoms with E-state index in [-0.39, 0.29) is 40.7 Å². The number of amides is 2. The van der Waals surface area contributed by atoms with E-state index in [4.69, 9.17) is 21.1 Å². The molecule has 4 aliphatic rings. The SMILES string of the molecule is CC1(C)CCC(CN2CCN(c3ccc(C(=O)NS(=O)(=O)c4ccc(NCC5CCOCC5)c([N+](=O)[O-])c4)c(Oc4ccc5c(c4)CC(=O)N5)c3)CC2)=C(c2ccc(Cl)cc2)C1. The van der Waals surface area contributed by atoms with Crippen molar-refractivity contribution in [2.24, 2.45) is 11.3 Å². The van der Waals surface area contributed by atoms with Crippen LogP contribution in [-0.2, 0) is 26.0 Å². The summed E-state index contributed by atoms with van der Waals surface area (Å²) in [5, 5.41) is 18.7. The first-order valence-corrected chi connectivity index (χ1v) is 22.9. The van der Waals surface area contributed by atoms with Crippen LogP contribution in [0.4, 0.5) is 22.7 Å². The van der Waals surface area contributed by atoms with Gasteiger partial charge in [-0.2, -0.15) is 0 Å². The Kier molecular flexibility index (Phi) is 12.6. The van der Waals surface area contributed by atoms with Gasteiger partial charge in [-0.25, -0.2) is 13.1 Å². The lowest BCUT2D eigenvalue weighted by atomic mass is 9.72. The molecule has 2 saturated heterocycles. The van der Waals surface area contributed by atoms with Gasteiger partial charge in [0, 0.05) is 81.0 Å². The van der Waals surface area contributed by atoms with Crippen LogP contribution in [-0.4, -0.2) is 82.5 Å². The third-order valence-electron chi connectivity index (χ3n) is 12.3. The third kappa shape index (κ3) is 10.1. The van der Waals surface area contributed by atoms with Gasteiger partial charge in [-0.05, 0) is 115 Å². The van der Waals surface area contributed by atoms with Crippen LogP contribution in [0.15, 0.2) is 89.3 Å². The molecule has 4 aromatic carbocycles. The summed E-state index contributed by atoms with van der Waals surface area (Å²) in [7, 11) is -4.57. The van der Waals surface area contributed by atoms with Crippen molar-refractivity contribution in [3.8, 4) is 11.5 Å². The zero-order valence-electron chi connectivity index (χ0n) is 34.9. The standard InChI is InChI=1S/C46H51ClN6O8S/c1-46(2)16-13-32(39(27-46)31-3-5-34(47)6-4-31)29-51-17-19-52(20-18-51)35-7-10-38(43(25-35)61-36-8-11-40-33(23-36)24-44(54)49-40)45(55)50-62(58,59)37-9-12-41(42(26-37)53(56)57)48-28-30-14-21-60-22-15-30/h3-12,23,25-26,30,48H,13-22,24,27-29H2,1-2H3,(H,49,54)(H,50,55). The minimum absolute atomic E-state index is 0.0585.